The summed E-state index contributed by atoms with van der Waals surface area (Å²) in [6, 6.07) is 14.7. The molecular formula is C21H15N7O6S. The van der Waals surface area contributed by atoms with Gasteiger partial charge < -0.3 is 13.9 Å². The number of nitrogens with one attached hydrogen (secondary N) is 1. The number of hydrogen-bond acceptors (Lipinski definition) is 11. The van der Waals surface area contributed by atoms with Gasteiger partial charge in [-0.15, -0.1) is 5.10 Å². The Morgan fingerprint density at radius 3 is 2.97 bits per heavy atom. The normalized spacial score (nSPS) is 12.2. The Balaban J connectivity index is 1.16. The van der Waals surface area contributed by atoms with Gasteiger partial charge in [0.15, 0.2) is 11.5 Å². The zero-order chi connectivity index (χ0) is 24.2. The Bertz CT molecular complexity index is 1430. The molecule has 1 N–H and O–H groups in total. The molecule has 35 heavy (non-hydrogen) atoms. The highest BCUT2D eigenvalue weighted by Gasteiger charge is 2.17. The molecule has 0 fully saturated rings. The van der Waals surface area contributed by atoms with Crippen LogP contribution in [0.25, 0.3) is 17.0 Å². The lowest BCUT2D eigenvalue weighted by atomic mass is 10.1. The second kappa shape index (κ2) is 9.64. The monoisotopic (exact) mass is 493 g/mol. The van der Waals surface area contributed by atoms with Gasteiger partial charge in [0.25, 0.3) is 11.6 Å². The molecule has 14 heteroatoms. The van der Waals surface area contributed by atoms with Crippen molar-refractivity contribution < 1.29 is 23.6 Å². The molecular weight excluding hydrogens is 478 g/mol. The van der Waals surface area contributed by atoms with E-state index in [2.05, 4.69) is 26.1 Å². The van der Waals surface area contributed by atoms with Gasteiger partial charge in [-0.3, -0.25) is 14.9 Å². The van der Waals surface area contributed by atoms with E-state index in [4.69, 9.17) is 13.9 Å². The second-order valence-electron chi connectivity index (χ2n) is 7.00. The number of rotatable bonds is 8. The minimum Gasteiger partial charge on any atom is -0.455 e. The first-order chi connectivity index (χ1) is 17.1. The van der Waals surface area contributed by atoms with Gasteiger partial charge in [-0.05, 0) is 34.7 Å². The topological polar surface area (TPSA) is 160 Å². The number of carbonyl (C=O) groups excluding carboxylic acids is 1. The van der Waals surface area contributed by atoms with Crippen molar-refractivity contribution in [3.63, 3.8) is 0 Å². The molecule has 0 spiro atoms. The van der Waals surface area contributed by atoms with Crippen molar-refractivity contribution in [2.75, 3.05) is 12.5 Å². The average Bonchev–Trinajstić information content (AvgIpc) is 3.63. The molecule has 0 atom stereocenters. The highest BCUT2D eigenvalue weighted by Crippen LogP contribution is 2.34. The van der Waals surface area contributed by atoms with Gasteiger partial charge in [0.05, 0.1) is 22.6 Å². The van der Waals surface area contributed by atoms with Crippen LogP contribution in [-0.4, -0.2) is 49.8 Å². The maximum absolute atomic E-state index is 12.2. The number of hydrazone groups is 1. The number of nitro benzene ring substituents is 1. The molecule has 3 heterocycles. The lowest BCUT2D eigenvalue weighted by Gasteiger charge is -2.05. The number of benzene rings is 2. The van der Waals surface area contributed by atoms with Crippen LogP contribution in [-0.2, 0) is 4.79 Å². The predicted molar refractivity (Wildman–Crippen MR) is 123 cm³/mol. The van der Waals surface area contributed by atoms with Crippen molar-refractivity contribution in [3.05, 3.63) is 70.5 Å². The number of tetrazole rings is 1. The quantitative estimate of drug-likeness (QED) is 0.167. The van der Waals surface area contributed by atoms with Crippen molar-refractivity contribution in [2.45, 2.75) is 5.16 Å². The summed E-state index contributed by atoms with van der Waals surface area (Å²) >= 11 is 1.13. The van der Waals surface area contributed by atoms with Gasteiger partial charge in [-0.2, -0.15) is 9.78 Å². The van der Waals surface area contributed by atoms with E-state index in [1.165, 1.54) is 23.0 Å². The predicted octanol–water partition coefficient (Wildman–Crippen LogP) is 2.80. The van der Waals surface area contributed by atoms with Gasteiger partial charge in [-0.1, -0.05) is 23.9 Å². The molecule has 1 aliphatic heterocycles. The van der Waals surface area contributed by atoms with E-state index in [1.54, 1.807) is 42.5 Å². The molecule has 0 unspecified atom stereocenters. The molecule has 1 amide bonds. The van der Waals surface area contributed by atoms with Crippen molar-refractivity contribution in [2.24, 2.45) is 5.10 Å². The average molecular weight is 493 g/mol. The summed E-state index contributed by atoms with van der Waals surface area (Å²) in [6.07, 6.45) is 1.33. The molecule has 13 nitrogen and oxygen atoms in total. The van der Waals surface area contributed by atoms with Gasteiger partial charge in [0.2, 0.25) is 11.9 Å². The largest absolute Gasteiger partial charge is 0.455 e. The minimum atomic E-state index is -0.476. The van der Waals surface area contributed by atoms with Crippen LogP contribution in [0.15, 0.2) is 69.3 Å². The number of nitro groups is 1. The molecule has 0 radical (unpaired) electrons. The highest BCUT2D eigenvalue weighted by molar-refractivity contribution is 7.99. The molecule has 2 aromatic heterocycles. The molecule has 0 saturated carbocycles. The molecule has 0 saturated heterocycles. The van der Waals surface area contributed by atoms with Gasteiger partial charge in [-0.25, -0.2) is 5.43 Å². The van der Waals surface area contributed by atoms with Crippen LogP contribution in [0.5, 0.6) is 11.5 Å². The number of ether oxygens (including phenoxy) is 2. The number of carbonyl (C=O) groups is 1. The smallest absolute Gasteiger partial charge is 0.270 e. The zero-order valence-corrected chi connectivity index (χ0v) is 18.5. The van der Waals surface area contributed by atoms with E-state index in [0.29, 0.717) is 39.4 Å². The number of non-ortho nitro benzene ring substituents is 1. The number of hydrogen-bond donors (Lipinski definition) is 1. The van der Waals surface area contributed by atoms with Crippen molar-refractivity contribution in [1.29, 1.82) is 0 Å². The Morgan fingerprint density at radius 1 is 1.20 bits per heavy atom. The van der Waals surface area contributed by atoms with Crippen molar-refractivity contribution in [3.8, 4) is 28.5 Å². The first-order valence-corrected chi connectivity index (χ1v) is 11.0. The third-order valence-corrected chi connectivity index (χ3v) is 5.64. The fraction of sp³-hybridized carbons (Fsp3) is 0.0952. The van der Waals surface area contributed by atoms with E-state index in [1.807, 2.05) is 0 Å². The van der Waals surface area contributed by atoms with E-state index >= 15 is 0 Å². The maximum atomic E-state index is 12.2. The Morgan fingerprint density at radius 2 is 2.09 bits per heavy atom. The SMILES string of the molecule is O=C(CSc1nnnn1-c1ccc2c(c1)OCO2)N/N=C\c1ccc(-c2cccc([N+](=O)[O-])c2)o1. The molecule has 5 rings (SSSR count). The van der Waals surface area contributed by atoms with Gasteiger partial charge in [0, 0.05) is 23.8 Å². The first-order valence-electron chi connectivity index (χ1n) is 10.0. The fourth-order valence-electron chi connectivity index (χ4n) is 3.13. The number of fused-ring (bicyclic) bond motifs is 1. The van der Waals surface area contributed by atoms with Crippen LogP contribution < -0.4 is 14.9 Å². The Kier molecular flexibility index (Phi) is 6.09. The molecule has 176 valence electrons. The fourth-order valence-corrected chi connectivity index (χ4v) is 3.81. The van der Waals surface area contributed by atoms with E-state index in [0.717, 1.165) is 11.8 Å². The molecule has 4 aromatic rings. The van der Waals surface area contributed by atoms with E-state index < -0.39 is 4.92 Å². The van der Waals surface area contributed by atoms with E-state index in [-0.39, 0.29) is 24.1 Å². The summed E-state index contributed by atoms with van der Waals surface area (Å²) in [5, 5.41) is 26.8. The van der Waals surface area contributed by atoms with Crippen molar-refractivity contribution >= 4 is 29.6 Å². The Labute approximate surface area is 200 Å². The minimum absolute atomic E-state index is 0.0132. The van der Waals surface area contributed by atoms with Crippen LogP contribution in [0.4, 0.5) is 5.69 Å². The summed E-state index contributed by atoms with van der Waals surface area (Å²) in [4.78, 5) is 22.7. The molecule has 2 aromatic carbocycles. The number of furan rings is 1. The Hall–Kier alpha value is -4.72. The lowest BCUT2D eigenvalue weighted by molar-refractivity contribution is -0.384. The molecule has 0 bridgehead atoms. The summed E-state index contributed by atoms with van der Waals surface area (Å²) in [7, 11) is 0. The van der Waals surface area contributed by atoms with Crippen LogP contribution in [0.1, 0.15) is 5.76 Å². The second-order valence-corrected chi connectivity index (χ2v) is 7.94. The zero-order valence-electron chi connectivity index (χ0n) is 17.7. The van der Waals surface area contributed by atoms with E-state index in [9.17, 15) is 14.9 Å². The standard InChI is InChI=1S/C21H15N7O6S/c29-20(11-35-21-24-25-26-27(21)14-4-6-18-19(9-14)33-12-32-18)23-22-10-16-5-7-17(34-16)13-2-1-3-15(8-13)28(30)31/h1-10H,11-12H2,(H,23,29)/b22-10-. The third-order valence-electron chi connectivity index (χ3n) is 4.72. The van der Waals surface area contributed by atoms with Crippen LogP contribution in [0, 0.1) is 10.1 Å². The van der Waals surface area contributed by atoms with Crippen LogP contribution in [0.3, 0.4) is 0 Å². The molecule has 1 aliphatic rings. The van der Waals surface area contributed by atoms with Gasteiger partial charge >= 0.3 is 0 Å². The number of nitrogens with zero attached hydrogens (tertiary/aromatic N) is 6. The maximum Gasteiger partial charge on any atom is 0.270 e. The number of thioether (sulfide) groups is 1. The summed E-state index contributed by atoms with van der Waals surface area (Å²) in [5.74, 6) is 1.67. The van der Waals surface area contributed by atoms with Crippen molar-refractivity contribution in [1.82, 2.24) is 25.6 Å². The number of amides is 1. The highest BCUT2D eigenvalue weighted by atomic mass is 32.2. The van der Waals surface area contributed by atoms with Gasteiger partial charge in [0.1, 0.15) is 11.5 Å². The summed E-state index contributed by atoms with van der Waals surface area (Å²) in [6.45, 7) is 0.158. The van der Waals surface area contributed by atoms with Crippen LogP contribution in [0.2, 0.25) is 0 Å². The van der Waals surface area contributed by atoms with Crippen LogP contribution >= 0.6 is 11.8 Å². The molecule has 0 aliphatic carbocycles. The first kappa shape index (κ1) is 22.1. The summed E-state index contributed by atoms with van der Waals surface area (Å²) in [5.41, 5.74) is 3.59. The number of aromatic nitrogens is 4. The lowest BCUT2D eigenvalue weighted by Crippen LogP contribution is -2.19. The summed E-state index contributed by atoms with van der Waals surface area (Å²) < 4.78 is 17.8. The third kappa shape index (κ3) is 4.96.